The molecular weight excluding hydrogens is 617 g/mol. The molecule has 3 N–H and O–H groups in total. The van der Waals surface area contributed by atoms with Crippen LogP contribution in [-0.4, -0.2) is 54.3 Å². The maximum atomic E-state index is 12.0. The third kappa shape index (κ3) is 35.9. The van der Waals surface area contributed by atoms with Gasteiger partial charge in [-0.15, -0.1) is 0 Å². The van der Waals surface area contributed by atoms with Crippen molar-refractivity contribution in [2.45, 2.75) is 187 Å². The minimum atomic E-state index is -4.40. The van der Waals surface area contributed by atoms with Gasteiger partial charge in [-0.1, -0.05) is 142 Å². The highest BCUT2D eigenvalue weighted by molar-refractivity contribution is 7.47. The van der Waals surface area contributed by atoms with E-state index in [9.17, 15) is 24.2 Å². The number of carbonyl (C=O) groups excluding carboxylic acids is 2. The second-order valence-electron chi connectivity index (χ2n) is 12.9. The van der Waals surface area contributed by atoms with E-state index in [1.807, 2.05) is 0 Å². The quantitative estimate of drug-likeness (QED) is 0.0256. The molecule has 0 fully saturated rings. The fraction of sp³-hybridized carbons (Fsp3) is 0.892. The molecular formula is C37H72NO8P. The Kier molecular flexibility index (Phi) is 33.7. The lowest BCUT2D eigenvalue weighted by Gasteiger charge is -2.15. The van der Waals surface area contributed by atoms with Gasteiger partial charge in [0.15, 0.2) is 0 Å². The van der Waals surface area contributed by atoms with Gasteiger partial charge in [-0.3, -0.25) is 18.6 Å². The van der Waals surface area contributed by atoms with E-state index in [0.29, 0.717) is 6.42 Å². The number of hydrogen-bond acceptors (Lipinski definition) is 7. The van der Waals surface area contributed by atoms with Crippen LogP contribution in [0.25, 0.3) is 0 Å². The summed E-state index contributed by atoms with van der Waals surface area (Å²) in [4.78, 5) is 33.6. The molecule has 0 aromatic heterocycles. The number of carbonyl (C=O) groups is 2. The number of rotatable bonds is 36. The summed E-state index contributed by atoms with van der Waals surface area (Å²) in [7, 11) is -4.40. The van der Waals surface area contributed by atoms with Crippen LogP contribution in [0.4, 0.5) is 0 Å². The number of ether oxygens (including phenoxy) is 1. The van der Waals surface area contributed by atoms with Gasteiger partial charge >= 0.3 is 13.8 Å². The molecule has 0 aliphatic carbocycles. The van der Waals surface area contributed by atoms with Crippen molar-refractivity contribution in [3.8, 4) is 0 Å². The Hall–Kier alpha value is -1.25. The molecule has 0 rings (SSSR count). The average molecular weight is 690 g/mol. The predicted molar refractivity (Wildman–Crippen MR) is 192 cm³/mol. The zero-order valence-electron chi connectivity index (χ0n) is 30.2. The van der Waals surface area contributed by atoms with Crippen molar-refractivity contribution < 1.29 is 37.9 Å². The van der Waals surface area contributed by atoms with Crippen LogP contribution in [0.1, 0.15) is 181 Å². The summed E-state index contributed by atoms with van der Waals surface area (Å²) < 4.78 is 26.7. The topological polar surface area (TPSA) is 131 Å². The zero-order chi connectivity index (χ0) is 34.7. The SMILES string of the molecule is CCCCCCCCC/C=C\CCCCCCCCCC(=O)NCCOP(=O)(O)OCC(O)COC(=O)CCCCCCCCCC. The summed E-state index contributed by atoms with van der Waals surface area (Å²) >= 11 is 0. The predicted octanol–water partition coefficient (Wildman–Crippen LogP) is 9.88. The molecule has 0 saturated carbocycles. The molecule has 1 amide bonds. The van der Waals surface area contributed by atoms with E-state index < -0.39 is 26.5 Å². The maximum absolute atomic E-state index is 12.0. The molecule has 10 heteroatoms. The van der Waals surface area contributed by atoms with Crippen LogP contribution >= 0.6 is 7.82 Å². The molecule has 0 saturated heterocycles. The van der Waals surface area contributed by atoms with E-state index >= 15 is 0 Å². The molecule has 0 radical (unpaired) electrons. The summed E-state index contributed by atoms with van der Waals surface area (Å²) in [6, 6.07) is 0. The minimum Gasteiger partial charge on any atom is -0.463 e. The van der Waals surface area contributed by atoms with Crippen molar-refractivity contribution in [3.63, 3.8) is 0 Å². The van der Waals surface area contributed by atoms with Crippen molar-refractivity contribution in [3.05, 3.63) is 12.2 Å². The van der Waals surface area contributed by atoms with E-state index in [1.165, 1.54) is 116 Å². The average Bonchev–Trinajstić information content (AvgIpc) is 3.05. The second kappa shape index (κ2) is 34.6. The third-order valence-electron chi connectivity index (χ3n) is 8.20. The Labute approximate surface area is 288 Å². The fourth-order valence-electron chi connectivity index (χ4n) is 5.26. The van der Waals surface area contributed by atoms with Gasteiger partial charge in [0, 0.05) is 19.4 Å². The van der Waals surface area contributed by atoms with Crippen LogP contribution in [0.2, 0.25) is 0 Å². The number of amides is 1. The van der Waals surface area contributed by atoms with Crippen molar-refractivity contribution >= 4 is 19.7 Å². The first kappa shape index (κ1) is 45.8. The summed E-state index contributed by atoms with van der Waals surface area (Å²) in [5.74, 6) is -0.521. The molecule has 2 unspecified atom stereocenters. The first-order valence-electron chi connectivity index (χ1n) is 19.2. The Bertz CT molecular complexity index is 794. The molecule has 278 valence electrons. The van der Waals surface area contributed by atoms with Gasteiger partial charge in [0.05, 0.1) is 13.2 Å². The molecule has 9 nitrogen and oxygen atoms in total. The van der Waals surface area contributed by atoms with Gasteiger partial charge < -0.3 is 20.1 Å². The highest BCUT2D eigenvalue weighted by atomic mass is 31.2. The van der Waals surface area contributed by atoms with Crippen LogP contribution in [0.3, 0.4) is 0 Å². The highest BCUT2D eigenvalue weighted by Crippen LogP contribution is 2.42. The number of esters is 1. The van der Waals surface area contributed by atoms with Gasteiger partial charge in [-0.25, -0.2) is 4.57 Å². The highest BCUT2D eigenvalue weighted by Gasteiger charge is 2.23. The number of hydrogen-bond donors (Lipinski definition) is 3. The largest absolute Gasteiger partial charge is 0.472 e. The van der Waals surface area contributed by atoms with Crippen molar-refractivity contribution in [2.24, 2.45) is 0 Å². The molecule has 0 aliphatic rings. The number of allylic oxidation sites excluding steroid dienone is 2. The first-order chi connectivity index (χ1) is 22.8. The molecule has 0 spiro atoms. The molecule has 0 aromatic carbocycles. The Morgan fingerprint density at radius 2 is 1.09 bits per heavy atom. The maximum Gasteiger partial charge on any atom is 0.472 e. The van der Waals surface area contributed by atoms with Gasteiger partial charge in [-0.2, -0.15) is 0 Å². The standard InChI is InChI=1S/C37H72NO8P/c1-3-5-7-9-11-13-14-15-16-17-18-19-20-21-22-23-25-27-29-36(40)38-31-32-45-47(42,43)46-34-35(39)33-44-37(41)30-28-26-24-12-10-8-6-4-2/h16-17,35,39H,3-15,18-34H2,1-2H3,(H,38,40)(H,42,43)/b17-16-. The van der Waals surface area contributed by atoms with Gasteiger partial charge in [-0.05, 0) is 38.5 Å². The molecule has 0 bridgehead atoms. The number of aliphatic hydroxyl groups excluding tert-OH is 1. The summed E-state index contributed by atoms with van der Waals surface area (Å²) in [5.41, 5.74) is 0. The Morgan fingerprint density at radius 1 is 0.638 bits per heavy atom. The first-order valence-corrected chi connectivity index (χ1v) is 20.7. The van der Waals surface area contributed by atoms with Crippen LogP contribution in [0.15, 0.2) is 12.2 Å². The lowest BCUT2D eigenvalue weighted by molar-refractivity contribution is -0.147. The third-order valence-corrected chi connectivity index (χ3v) is 9.18. The molecule has 47 heavy (non-hydrogen) atoms. The van der Waals surface area contributed by atoms with Gasteiger partial charge in [0.2, 0.25) is 5.91 Å². The van der Waals surface area contributed by atoms with Crippen molar-refractivity contribution in [2.75, 3.05) is 26.4 Å². The molecule has 0 aliphatic heterocycles. The van der Waals surface area contributed by atoms with Gasteiger partial charge in [0.1, 0.15) is 12.7 Å². The fourth-order valence-corrected chi connectivity index (χ4v) is 6.01. The van der Waals surface area contributed by atoms with E-state index in [1.54, 1.807) is 0 Å². The van der Waals surface area contributed by atoms with E-state index in [-0.39, 0.29) is 32.1 Å². The summed E-state index contributed by atoms with van der Waals surface area (Å²) in [6.45, 7) is 3.51. The minimum absolute atomic E-state index is 0.0825. The zero-order valence-corrected chi connectivity index (χ0v) is 31.1. The smallest absolute Gasteiger partial charge is 0.463 e. The number of aliphatic hydroxyl groups is 1. The number of unbranched alkanes of at least 4 members (excludes halogenated alkanes) is 21. The van der Waals surface area contributed by atoms with Crippen LogP contribution in [0.5, 0.6) is 0 Å². The lowest BCUT2D eigenvalue weighted by Crippen LogP contribution is -2.27. The summed E-state index contributed by atoms with van der Waals surface area (Å²) in [6.07, 6.45) is 33.0. The Morgan fingerprint density at radius 3 is 1.60 bits per heavy atom. The number of nitrogens with one attached hydrogen (secondary N) is 1. The monoisotopic (exact) mass is 689 g/mol. The van der Waals surface area contributed by atoms with Gasteiger partial charge in [0.25, 0.3) is 0 Å². The van der Waals surface area contributed by atoms with E-state index in [0.717, 1.165) is 38.5 Å². The Balaban J connectivity index is 3.58. The van der Waals surface area contributed by atoms with Crippen LogP contribution in [0, 0.1) is 0 Å². The lowest BCUT2D eigenvalue weighted by atomic mass is 10.1. The van der Waals surface area contributed by atoms with E-state index in [4.69, 9.17) is 13.8 Å². The van der Waals surface area contributed by atoms with E-state index in [2.05, 4.69) is 31.3 Å². The normalized spacial score (nSPS) is 13.5. The molecule has 0 heterocycles. The number of phosphoric acid groups is 1. The van der Waals surface area contributed by atoms with Crippen molar-refractivity contribution in [1.82, 2.24) is 5.32 Å². The van der Waals surface area contributed by atoms with Crippen LogP contribution < -0.4 is 5.32 Å². The summed E-state index contributed by atoms with van der Waals surface area (Å²) in [5, 5.41) is 12.6. The van der Waals surface area contributed by atoms with Crippen molar-refractivity contribution in [1.29, 1.82) is 0 Å². The molecule has 2 atom stereocenters. The van der Waals surface area contributed by atoms with Crippen LogP contribution in [-0.2, 0) is 27.9 Å². The number of phosphoric ester groups is 1. The molecule has 0 aromatic rings. The second-order valence-corrected chi connectivity index (χ2v) is 14.4.